The van der Waals surface area contributed by atoms with Gasteiger partial charge in [0.1, 0.15) is 0 Å². The van der Waals surface area contributed by atoms with Gasteiger partial charge in [0, 0.05) is 23.8 Å². The molecule has 2 N–H and O–H groups in total. The molecule has 0 atom stereocenters. The van der Waals surface area contributed by atoms with Crippen molar-refractivity contribution in [2.45, 2.75) is 6.54 Å². The highest BCUT2D eigenvalue weighted by atomic mass is 15.0. The van der Waals surface area contributed by atoms with E-state index in [2.05, 4.69) is 47.2 Å². The predicted octanol–water partition coefficient (Wildman–Crippen LogP) is 3.27. The van der Waals surface area contributed by atoms with Gasteiger partial charge in [0.25, 0.3) is 0 Å². The van der Waals surface area contributed by atoms with Gasteiger partial charge in [0.05, 0.1) is 5.52 Å². The summed E-state index contributed by atoms with van der Waals surface area (Å²) in [5.74, 6) is 0. The highest BCUT2D eigenvalue weighted by Gasteiger charge is 2.03. The molecule has 84 valence electrons. The second-order valence-corrected chi connectivity index (χ2v) is 4.21. The lowest BCUT2D eigenvalue weighted by Crippen LogP contribution is -1.97. The van der Waals surface area contributed by atoms with Gasteiger partial charge >= 0.3 is 0 Å². The quantitative estimate of drug-likeness (QED) is 0.663. The fraction of sp³-hybridized carbons (Fsp3) is 0.0667. The predicted molar refractivity (Wildman–Crippen MR) is 71.9 cm³/mol. The van der Waals surface area contributed by atoms with E-state index >= 15 is 0 Å². The minimum absolute atomic E-state index is 0.842. The molecule has 3 aromatic rings. The van der Waals surface area contributed by atoms with Gasteiger partial charge in [-0.15, -0.1) is 0 Å². The molecule has 2 nitrogen and oxygen atoms in total. The second kappa shape index (κ2) is 3.98. The van der Waals surface area contributed by atoms with Crippen LogP contribution in [-0.4, -0.2) is 4.57 Å². The minimum Gasteiger partial charge on any atom is -0.398 e. The summed E-state index contributed by atoms with van der Waals surface area (Å²) < 4.78 is 2.22. The first-order valence-corrected chi connectivity index (χ1v) is 5.72. The zero-order valence-electron chi connectivity index (χ0n) is 9.51. The second-order valence-electron chi connectivity index (χ2n) is 4.21. The first-order chi connectivity index (χ1) is 8.34. The number of anilines is 1. The standard InChI is InChI=1S/C15H14N2/c16-14-7-4-8-15-13(14)9-10-17(15)11-12-5-2-1-3-6-12/h1-10H,11,16H2. The van der Waals surface area contributed by atoms with Crippen molar-refractivity contribution in [1.82, 2.24) is 4.57 Å². The van der Waals surface area contributed by atoms with Gasteiger partial charge in [-0.05, 0) is 23.8 Å². The van der Waals surface area contributed by atoms with E-state index in [9.17, 15) is 0 Å². The number of nitrogens with two attached hydrogens (primary N) is 1. The summed E-state index contributed by atoms with van der Waals surface area (Å²) in [5.41, 5.74) is 9.28. The molecule has 0 fully saturated rings. The summed E-state index contributed by atoms with van der Waals surface area (Å²) in [6.07, 6.45) is 2.09. The SMILES string of the molecule is Nc1cccc2c1ccn2Cc1ccccc1. The van der Waals surface area contributed by atoms with E-state index in [1.807, 2.05) is 18.2 Å². The first kappa shape index (κ1) is 9.97. The molecule has 0 amide bonds. The monoisotopic (exact) mass is 222 g/mol. The van der Waals surface area contributed by atoms with Crippen LogP contribution in [0.25, 0.3) is 10.9 Å². The van der Waals surface area contributed by atoms with Crippen LogP contribution in [0.5, 0.6) is 0 Å². The van der Waals surface area contributed by atoms with Crippen LogP contribution in [0.3, 0.4) is 0 Å². The Labute approximate surface area is 100 Å². The maximum atomic E-state index is 5.95. The van der Waals surface area contributed by atoms with E-state index in [4.69, 9.17) is 5.73 Å². The molecule has 0 saturated carbocycles. The summed E-state index contributed by atoms with van der Waals surface area (Å²) in [4.78, 5) is 0. The fourth-order valence-corrected chi connectivity index (χ4v) is 2.17. The molecule has 2 aromatic carbocycles. The number of hydrogen-bond donors (Lipinski definition) is 1. The number of hydrogen-bond acceptors (Lipinski definition) is 1. The summed E-state index contributed by atoms with van der Waals surface area (Å²) in [6, 6.07) is 18.6. The third kappa shape index (κ3) is 1.78. The van der Waals surface area contributed by atoms with E-state index in [-0.39, 0.29) is 0 Å². The lowest BCUT2D eigenvalue weighted by molar-refractivity contribution is 0.837. The van der Waals surface area contributed by atoms with Crippen molar-refractivity contribution >= 4 is 16.6 Å². The van der Waals surface area contributed by atoms with E-state index in [0.29, 0.717) is 0 Å². The Kier molecular flexibility index (Phi) is 2.33. The van der Waals surface area contributed by atoms with Gasteiger partial charge in [0.2, 0.25) is 0 Å². The van der Waals surface area contributed by atoms with E-state index in [0.717, 1.165) is 17.6 Å². The maximum absolute atomic E-state index is 5.95. The summed E-state index contributed by atoms with van der Waals surface area (Å²) >= 11 is 0. The molecule has 0 unspecified atom stereocenters. The summed E-state index contributed by atoms with van der Waals surface area (Å²) in [7, 11) is 0. The zero-order valence-corrected chi connectivity index (χ0v) is 9.51. The van der Waals surface area contributed by atoms with Gasteiger partial charge in [-0.3, -0.25) is 0 Å². The van der Waals surface area contributed by atoms with E-state index in [1.54, 1.807) is 0 Å². The van der Waals surface area contributed by atoms with Gasteiger partial charge in [-0.2, -0.15) is 0 Å². The molecular weight excluding hydrogens is 208 g/mol. The average molecular weight is 222 g/mol. The Morgan fingerprint density at radius 2 is 1.71 bits per heavy atom. The number of benzene rings is 2. The van der Waals surface area contributed by atoms with Crippen molar-refractivity contribution in [2.75, 3.05) is 5.73 Å². The largest absolute Gasteiger partial charge is 0.398 e. The summed E-state index contributed by atoms with van der Waals surface area (Å²) in [6.45, 7) is 0.883. The number of nitrogen functional groups attached to an aromatic ring is 1. The fourth-order valence-electron chi connectivity index (χ4n) is 2.17. The molecule has 3 rings (SSSR count). The molecule has 17 heavy (non-hydrogen) atoms. The normalized spacial score (nSPS) is 10.8. The molecular formula is C15H14N2. The van der Waals surface area contributed by atoms with Crippen LogP contribution in [0.1, 0.15) is 5.56 Å². The van der Waals surface area contributed by atoms with Crippen LogP contribution < -0.4 is 5.73 Å². The molecule has 0 radical (unpaired) electrons. The van der Waals surface area contributed by atoms with Gasteiger partial charge in [-0.25, -0.2) is 0 Å². The number of nitrogens with zero attached hydrogens (tertiary/aromatic N) is 1. The van der Waals surface area contributed by atoms with Crippen molar-refractivity contribution in [3.05, 3.63) is 66.4 Å². The molecule has 1 heterocycles. The van der Waals surface area contributed by atoms with Crippen LogP contribution in [0.15, 0.2) is 60.8 Å². The third-order valence-electron chi connectivity index (χ3n) is 3.04. The Balaban J connectivity index is 2.05. The third-order valence-corrected chi connectivity index (χ3v) is 3.04. The average Bonchev–Trinajstić information content (AvgIpc) is 2.76. The molecule has 0 bridgehead atoms. The number of fused-ring (bicyclic) bond motifs is 1. The van der Waals surface area contributed by atoms with E-state index in [1.165, 1.54) is 11.1 Å². The molecule has 0 saturated heterocycles. The first-order valence-electron chi connectivity index (χ1n) is 5.72. The molecule has 0 spiro atoms. The van der Waals surface area contributed by atoms with Crippen LogP contribution in [0.2, 0.25) is 0 Å². The van der Waals surface area contributed by atoms with Crippen molar-refractivity contribution < 1.29 is 0 Å². The van der Waals surface area contributed by atoms with Crippen molar-refractivity contribution in [2.24, 2.45) is 0 Å². The minimum atomic E-state index is 0.842. The Morgan fingerprint density at radius 1 is 0.882 bits per heavy atom. The molecule has 1 aromatic heterocycles. The van der Waals surface area contributed by atoms with Crippen molar-refractivity contribution in [1.29, 1.82) is 0 Å². The molecule has 0 aliphatic carbocycles. The van der Waals surface area contributed by atoms with Crippen molar-refractivity contribution in [3.8, 4) is 0 Å². The smallest absolute Gasteiger partial charge is 0.0504 e. The Hall–Kier alpha value is -2.22. The van der Waals surface area contributed by atoms with Crippen molar-refractivity contribution in [3.63, 3.8) is 0 Å². The highest BCUT2D eigenvalue weighted by molar-refractivity contribution is 5.91. The Morgan fingerprint density at radius 3 is 2.53 bits per heavy atom. The number of aromatic nitrogens is 1. The summed E-state index contributed by atoms with van der Waals surface area (Å²) in [5, 5.41) is 1.13. The van der Waals surface area contributed by atoms with Gasteiger partial charge in [-0.1, -0.05) is 36.4 Å². The van der Waals surface area contributed by atoms with Crippen LogP contribution in [0, 0.1) is 0 Å². The maximum Gasteiger partial charge on any atom is 0.0504 e. The molecule has 0 aliphatic rings. The molecule has 0 aliphatic heterocycles. The van der Waals surface area contributed by atoms with Crippen LogP contribution >= 0.6 is 0 Å². The van der Waals surface area contributed by atoms with Crippen LogP contribution in [-0.2, 0) is 6.54 Å². The van der Waals surface area contributed by atoms with Crippen LogP contribution in [0.4, 0.5) is 5.69 Å². The molecule has 2 heteroatoms. The topological polar surface area (TPSA) is 30.9 Å². The zero-order chi connectivity index (χ0) is 11.7. The van der Waals surface area contributed by atoms with Gasteiger partial charge in [0.15, 0.2) is 0 Å². The highest BCUT2D eigenvalue weighted by Crippen LogP contribution is 2.22. The lowest BCUT2D eigenvalue weighted by Gasteiger charge is -2.06. The van der Waals surface area contributed by atoms with E-state index < -0.39 is 0 Å². The lowest BCUT2D eigenvalue weighted by atomic mass is 10.2. The Bertz CT molecular complexity index is 638. The van der Waals surface area contributed by atoms with Gasteiger partial charge < -0.3 is 10.3 Å². The number of rotatable bonds is 2.